The van der Waals surface area contributed by atoms with E-state index in [0.717, 1.165) is 5.69 Å². The van der Waals surface area contributed by atoms with Crippen LogP contribution in [0.4, 0.5) is 5.69 Å². The second kappa shape index (κ2) is 12.6. The Morgan fingerprint density at radius 1 is 1.23 bits per heavy atom. The number of nitrogens with two attached hydrogens (primary N) is 1. The molecule has 13 heavy (non-hydrogen) atoms. The van der Waals surface area contributed by atoms with Crippen LogP contribution in [0.25, 0.3) is 0 Å². The van der Waals surface area contributed by atoms with E-state index in [2.05, 4.69) is 24.7 Å². The van der Waals surface area contributed by atoms with Crippen molar-refractivity contribution in [1.29, 1.82) is 0 Å². The van der Waals surface area contributed by atoms with Crippen molar-refractivity contribution in [2.75, 3.05) is 18.9 Å². The van der Waals surface area contributed by atoms with Crippen LogP contribution in [0.3, 0.4) is 0 Å². The molecule has 0 aliphatic rings. The number of anilines is 1. The quantitative estimate of drug-likeness (QED) is 0.370. The van der Waals surface area contributed by atoms with Gasteiger partial charge in [0.15, 0.2) is 0 Å². The Hall–Kier alpha value is 0.616. The third-order valence-electron chi connectivity index (χ3n) is 1.03. The Morgan fingerprint density at radius 3 is 1.85 bits per heavy atom. The number of rotatable bonds is 2. The van der Waals surface area contributed by atoms with E-state index >= 15 is 0 Å². The summed E-state index contributed by atoms with van der Waals surface area (Å²) in [6.07, 6.45) is 0. The van der Waals surface area contributed by atoms with E-state index in [9.17, 15) is 0 Å². The fourth-order valence-corrected chi connectivity index (χ4v) is 0.502. The van der Waals surface area contributed by atoms with E-state index in [1.54, 1.807) is 24.3 Å². The first-order chi connectivity index (χ1) is 5.81. The molecule has 68 valence electrons. The van der Waals surface area contributed by atoms with Crippen LogP contribution in [0.1, 0.15) is 0 Å². The van der Waals surface area contributed by atoms with Gasteiger partial charge in [-0.05, 0) is 0 Å². The molecule has 0 radical (unpaired) electrons. The van der Waals surface area contributed by atoms with Gasteiger partial charge in [0.05, 0.1) is 0 Å². The third kappa shape index (κ3) is 12.6. The van der Waals surface area contributed by atoms with Crippen molar-refractivity contribution in [3.63, 3.8) is 0 Å². The molecule has 0 fully saturated rings. The molecule has 0 atom stereocenters. The first kappa shape index (κ1) is 16.1. The summed E-state index contributed by atoms with van der Waals surface area (Å²) in [4.78, 5) is 0. The molecular formula is C10H14KNO-2. The topological polar surface area (TPSA) is 35.2 Å². The average Bonchev–Trinajstić information content (AvgIpc) is 2.08. The first-order valence-electron chi connectivity index (χ1n) is 3.69. The molecule has 3 heteroatoms. The number of hydrogen-bond donors (Lipinski definition) is 1. The number of ether oxygens (including phenoxy) is 1. The zero-order chi connectivity index (χ0) is 9.23. The van der Waals surface area contributed by atoms with E-state index < -0.39 is 0 Å². The van der Waals surface area contributed by atoms with Crippen molar-refractivity contribution in [3.8, 4) is 0 Å². The van der Waals surface area contributed by atoms with E-state index in [-0.39, 0.29) is 51.4 Å². The normalized spacial score (nSPS) is 7.85. The second-order valence-corrected chi connectivity index (χ2v) is 1.95. The van der Waals surface area contributed by atoms with Crippen molar-refractivity contribution in [2.24, 2.45) is 0 Å². The molecule has 0 unspecified atom stereocenters. The van der Waals surface area contributed by atoms with Crippen molar-refractivity contribution in [3.05, 3.63) is 44.2 Å². The molecule has 0 saturated carbocycles. The van der Waals surface area contributed by atoms with Crippen LogP contribution in [-0.2, 0) is 4.74 Å². The van der Waals surface area contributed by atoms with Crippen molar-refractivity contribution in [2.45, 2.75) is 0 Å². The molecule has 1 rings (SSSR count). The molecule has 1 aromatic rings. The maximum atomic E-state index is 5.34. The summed E-state index contributed by atoms with van der Waals surface area (Å²) in [6, 6.07) is 10.0. The van der Waals surface area contributed by atoms with Gasteiger partial charge in [-0.15, -0.1) is 12.1 Å². The molecule has 0 aliphatic heterocycles. The maximum Gasteiger partial charge on any atom is 1.00 e. The Balaban J connectivity index is 0. The summed E-state index contributed by atoms with van der Waals surface area (Å²) in [5.41, 5.74) is 6.13. The van der Waals surface area contributed by atoms with Gasteiger partial charge in [0, 0.05) is 0 Å². The van der Waals surface area contributed by atoms with Crippen LogP contribution < -0.4 is 57.1 Å². The molecule has 0 bridgehead atoms. The zero-order valence-electron chi connectivity index (χ0n) is 8.12. The van der Waals surface area contributed by atoms with Gasteiger partial charge in [-0.25, -0.2) is 0 Å². The van der Waals surface area contributed by atoms with Crippen LogP contribution in [0, 0.1) is 19.9 Å². The molecule has 0 saturated heterocycles. The first-order valence-corrected chi connectivity index (χ1v) is 3.69. The molecule has 0 amide bonds. The van der Waals surface area contributed by atoms with E-state index in [0.29, 0.717) is 13.2 Å². The SMILES string of the molecule is Nc1cc[c-]cc1.[CH2-]COC[CH2-].[K+]. The van der Waals surface area contributed by atoms with Crippen LogP contribution in [-0.4, -0.2) is 13.2 Å². The summed E-state index contributed by atoms with van der Waals surface area (Å²) < 4.78 is 4.61. The standard InChI is InChI=1S/C6H6N.C4H8O.K/c7-6-4-2-1-3-5-6;1-3-5-4-2;/h2-5H,7H2;1-4H2;/q-1;-2;+1. The summed E-state index contributed by atoms with van der Waals surface area (Å²) in [6.45, 7) is 7.89. The molecule has 1 aromatic carbocycles. The Bertz CT molecular complexity index is 178. The van der Waals surface area contributed by atoms with Gasteiger partial charge in [0.1, 0.15) is 0 Å². The Kier molecular flexibility index (Phi) is 15.6. The number of hydrogen-bond acceptors (Lipinski definition) is 2. The van der Waals surface area contributed by atoms with E-state index in [4.69, 9.17) is 5.73 Å². The zero-order valence-corrected chi connectivity index (χ0v) is 11.2. The average molecular weight is 203 g/mol. The second-order valence-electron chi connectivity index (χ2n) is 1.95. The summed E-state index contributed by atoms with van der Waals surface area (Å²) >= 11 is 0. The summed E-state index contributed by atoms with van der Waals surface area (Å²) in [5, 5.41) is 0. The number of benzene rings is 1. The van der Waals surface area contributed by atoms with Crippen LogP contribution >= 0.6 is 0 Å². The molecule has 0 spiro atoms. The van der Waals surface area contributed by atoms with Crippen molar-refractivity contribution >= 4 is 5.69 Å². The molecule has 2 nitrogen and oxygen atoms in total. The fourth-order valence-electron chi connectivity index (χ4n) is 0.502. The van der Waals surface area contributed by atoms with Gasteiger partial charge in [-0.3, -0.25) is 0 Å². The monoisotopic (exact) mass is 203 g/mol. The minimum Gasteiger partial charge on any atom is -0.445 e. The van der Waals surface area contributed by atoms with Crippen LogP contribution in [0.5, 0.6) is 0 Å². The largest absolute Gasteiger partial charge is 1.00 e. The molecule has 0 aliphatic carbocycles. The minimum atomic E-state index is 0. The Morgan fingerprint density at radius 2 is 1.69 bits per heavy atom. The van der Waals surface area contributed by atoms with Crippen molar-refractivity contribution < 1.29 is 56.1 Å². The van der Waals surface area contributed by atoms with Gasteiger partial charge in [-0.2, -0.15) is 18.2 Å². The van der Waals surface area contributed by atoms with Crippen LogP contribution in [0.2, 0.25) is 0 Å². The van der Waals surface area contributed by atoms with Gasteiger partial charge in [0.2, 0.25) is 0 Å². The molecule has 0 heterocycles. The summed E-state index contributed by atoms with van der Waals surface area (Å²) in [5.74, 6) is 0. The maximum absolute atomic E-state index is 5.34. The van der Waals surface area contributed by atoms with E-state index in [1.165, 1.54) is 0 Å². The predicted octanol–water partition coefficient (Wildman–Crippen LogP) is -1.26. The molecule has 0 aromatic heterocycles. The third-order valence-corrected chi connectivity index (χ3v) is 1.03. The number of nitrogen functional groups attached to an aromatic ring is 1. The van der Waals surface area contributed by atoms with Gasteiger partial charge in [0.25, 0.3) is 0 Å². The van der Waals surface area contributed by atoms with Crippen molar-refractivity contribution in [1.82, 2.24) is 0 Å². The fraction of sp³-hybridized carbons (Fsp3) is 0.200. The predicted molar refractivity (Wildman–Crippen MR) is 51.2 cm³/mol. The summed E-state index contributed by atoms with van der Waals surface area (Å²) in [7, 11) is 0. The molecular weight excluding hydrogens is 189 g/mol. The van der Waals surface area contributed by atoms with Gasteiger partial charge in [-0.1, -0.05) is 18.9 Å². The smallest absolute Gasteiger partial charge is 0.445 e. The molecule has 2 N–H and O–H groups in total. The van der Waals surface area contributed by atoms with E-state index in [1.807, 2.05) is 0 Å². The Labute approximate surface area is 123 Å². The van der Waals surface area contributed by atoms with Crippen LogP contribution in [0.15, 0.2) is 24.3 Å². The van der Waals surface area contributed by atoms with Gasteiger partial charge < -0.3 is 24.3 Å². The van der Waals surface area contributed by atoms with Gasteiger partial charge >= 0.3 is 51.4 Å². The minimum absolute atomic E-state index is 0.